The summed E-state index contributed by atoms with van der Waals surface area (Å²) in [6, 6.07) is 8.90. The van der Waals surface area contributed by atoms with E-state index in [0.29, 0.717) is 0 Å². The summed E-state index contributed by atoms with van der Waals surface area (Å²) < 4.78 is 0. The number of hydrogen-bond acceptors (Lipinski definition) is 3. The van der Waals surface area contributed by atoms with Crippen molar-refractivity contribution >= 4 is 11.8 Å². The van der Waals surface area contributed by atoms with Crippen LogP contribution < -0.4 is 0 Å². The van der Waals surface area contributed by atoms with Gasteiger partial charge in [-0.2, -0.15) is 0 Å². The number of thioether (sulfide) groups is 1. The van der Waals surface area contributed by atoms with E-state index in [-0.39, 0.29) is 5.41 Å². The number of aromatic nitrogens is 2. The molecule has 2 nitrogen and oxygen atoms in total. The van der Waals surface area contributed by atoms with Crippen LogP contribution in [0.5, 0.6) is 0 Å². The maximum atomic E-state index is 4.40. The molecule has 0 bridgehead atoms. The Morgan fingerprint density at radius 2 is 1.70 bits per heavy atom. The molecular formula is C17H22N2S. The molecule has 1 aromatic carbocycles. The SMILES string of the molecule is Cc1ncc(SCc2ccc(C(C)(C)C)cc2)c(C)n1. The van der Waals surface area contributed by atoms with Gasteiger partial charge in [-0.15, -0.1) is 11.8 Å². The van der Waals surface area contributed by atoms with Crippen LogP contribution in [-0.4, -0.2) is 9.97 Å². The van der Waals surface area contributed by atoms with Crippen molar-refractivity contribution in [3.8, 4) is 0 Å². The van der Waals surface area contributed by atoms with Gasteiger partial charge >= 0.3 is 0 Å². The van der Waals surface area contributed by atoms with E-state index in [1.54, 1.807) is 11.8 Å². The van der Waals surface area contributed by atoms with E-state index in [1.165, 1.54) is 11.1 Å². The first kappa shape index (κ1) is 15.0. The number of benzene rings is 1. The molecule has 3 heteroatoms. The highest BCUT2D eigenvalue weighted by Crippen LogP contribution is 2.26. The van der Waals surface area contributed by atoms with Crippen molar-refractivity contribution < 1.29 is 0 Å². The van der Waals surface area contributed by atoms with Gasteiger partial charge in [-0.25, -0.2) is 9.97 Å². The van der Waals surface area contributed by atoms with Crippen molar-refractivity contribution in [3.63, 3.8) is 0 Å². The van der Waals surface area contributed by atoms with Crippen LogP contribution in [0.4, 0.5) is 0 Å². The second kappa shape index (κ2) is 5.96. The molecule has 0 spiro atoms. The van der Waals surface area contributed by atoms with Crippen molar-refractivity contribution in [2.24, 2.45) is 0 Å². The zero-order valence-corrected chi connectivity index (χ0v) is 13.7. The van der Waals surface area contributed by atoms with Crippen LogP contribution in [-0.2, 0) is 11.2 Å². The van der Waals surface area contributed by atoms with E-state index in [0.717, 1.165) is 22.2 Å². The minimum atomic E-state index is 0.215. The minimum Gasteiger partial charge on any atom is -0.241 e. The summed E-state index contributed by atoms with van der Waals surface area (Å²) in [5.74, 6) is 1.79. The molecule has 0 fully saturated rings. The summed E-state index contributed by atoms with van der Waals surface area (Å²) in [6.45, 7) is 10.7. The topological polar surface area (TPSA) is 25.8 Å². The number of rotatable bonds is 3. The predicted octanol–water partition coefficient (Wildman–Crippen LogP) is 4.68. The number of aryl methyl sites for hydroxylation is 2. The Labute approximate surface area is 126 Å². The van der Waals surface area contributed by atoms with Gasteiger partial charge in [-0.05, 0) is 30.4 Å². The lowest BCUT2D eigenvalue weighted by Crippen LogP contribution is -2.10. The lowest BCUT2D eigenvalue weighted by molar-refractivity contribution is 0.590. The van der Waals surface area contributed by atoms with Crippen LogP contribution in [0.3, 0.4) is 0 Å². The fraction of sp³-hybridized carbons (Fsp3) is 0.412. The van der Waals surface area contributed by atoms with Gasteiger partial charge in [-0.3, -0.25) is 0 Å². The molecule has 1 heterocycles. The van der Waals surface area contributed by atoms with Crippen LogP contribution in [0.1, 0.15) is 43.4 Å². The molecule has 20 heavy (non-hydrogen) atoms. The summed E-state index contributed by atoms with van der Waals surface area (Å²) in [5, 5.41) is 0. The molecule has 0 atom stereocenters. The molecule has 2 aromatic rings. The van der Waals surface area contributed by atoms with Crippen LogP contribution in [0.25, 0.3) is 0 Å². The molecule has 0 amide bonds. The van der Waals surface area contributed by atoms with Gasteiger partial charge in [0.05, 0.1) is 5.69 Å². The first-order valence-corrected chi connectivity index (χ1v) is 7.87. The summed E-state index contributed by atoms with van der Waals surface area (Å²) >= 11 is 1.80. The van der Waals surface area contributed by atoms with Gasteiger partial charge in [0.15, 0.2) is 0 Å². The third-order valence-corrected chi connectivity index (χ3v) is 4.46. The lowest BCUT2D eigenvalue weighted by atomic mass is 9.87. The van der Waals surface area contributed by atoms with Crippen molar-refractivity contribution in [3.05, 3.63) is 53.1 Å². The second-order valence-electron chi connectivity index (χ2n) is 6.10. The lowest BCUT2D eigenvalue weighted by Gasteiger charge is -2.19. The van der Waals surface area contributed by atoms with Crippen LogP contribution in [0.2, 0.25) is 0 Å². The van der Waals surface area contributed by atoms with Crippen molar-refractivity contribution in [1.29, 1.82) is 0 Å². The number of hydrogen-bond donors (Lipinski definition) is 0. The zero-order chi connectivity index (χ0) is 14.8. The molecule has 0 aliphatic heterocycles. The average molecular weight is 286 g/mol. The standard InChI is InChI=1S/C17H22N2S/c1-12-16(10-18-13(2)19-12)20-11-14-6-8-15(9-7-14)17(3,4)5/h6-10H,11H2,1-5H3. The predicted molar refractivity (Wildman–Crippen MR) is 86.2 cm³/mol. The van der Waals surface area contributed by atoms with Gasteiger partial charge < -0.3 is 0 Å². The normalized spacial score (nSPS) is 11.7. The Kier molecular flexibility index (Phi) is 4.48. The van der Waals surface area contributed by atoms with Crippen LogP contribution in [0.15, 0.2) is 35.4 Å². The van der Waals surface area contributed by atoms with E-state index >= 15 is 0 Å². The van der Waals surface area contributed by atoms with Crippen molar-refractivity contribution in [2.75, 3.05) is 0 Å². The fourth-order valence-electron chi connectivity index (χ4n) is 1.98. The maximum absolute atomic E-state index is 4.40. The summed E-state index contributed by atoms with van der Waals surface area (Å²) in [6.07, 6.45) is 1.92. The van der Waals surface area contributed by atoms with E-state index in [1.807, 2.05) is 20.0 Å². The second-order valence-corrected chi connectivity index (χ2v) is 7.12. The van der Waals surface area contributed by atoms with Crippen LogP contribution in [0, 0.1) is 13.8 Å². The van der Waals surface area contributed by atoms with E-state index < -0.39 is 0 Å². The van der Waals surface area contributed by atoms with Gasteiger partial charge in [-0.1, -0.05) is 45.0 Å². The van der Waals surface area contributed by atoms with Crippen LogP contribution >= 0.6 is 11.8 Å². The first-order valence-electron chi connectivity index (χ1n) is 6.89. The van der Waals surface area contributed by atoms with Crippen molar-refractivity contribution in [1.82, 2.24) is 9.97 Å². The minimum absolute atomic E-state index is 0.215. The molecule has 0 radical (unpaired) electrons. The molecule has 106 valence electrons. The highest BCUT2D eigenvalue weighted by molar-refractivity contribution is 7.98. The van der Waals surface area contributed by atoms with Gasteiger partial charge in [0, 0.05) is 16.8 Å². The molecule has 2 rings (SSSR count). The Balaban J connectivity index is 2.04. The van der Waals surface area contributed by atoms with E-state index in [4.69, 9.17) is 0 Å². The summed E-state index contributed by atoms with van der Waals surface area (Å²) in [4.78, 5) is 9.83. The maximum Gasteiger partial charge on any atom is 0.125 e. The Morgan fingerprint density at radius 1 is 1.05 bits per heavy atom. The van der Waals surface area contributed by atoms with E-state index in [2.05, 4.69) is 55.0 Å². The first-order chi connectivity index (χ1) is 9.36. The highest BCUT2D eigenvalue weighted by atomic mass is 32.2. The molecule has 0 unspecified atom stereocenters. The van der Waals surface area contributed by atoms with Gasteiger partial charge in [0.25, 0.3) is 0 Å². The number of nitrogens with zero attached hydrogens (tertiary/aromatic N) is 2. The highest BCUT2D eigenvalue weighted by Gasteiger charge is 2.12. The quantitative estimate of drug-likeness (QED) is 0.766. The summed E-state index contributed by atoms with van der Waals surface area (Å²) in [5.41, 5.74) is 3.99. The Bertz CT molecular complexity index is 583. The zero-order valence-electron chi connectivity index (χ0n) is 12.9. The third-order valence-electron chi connectivity index (χ3n) is 3.27. The van der Waals surface area contributed by atoms with Gasteiger partial charge in [0.1, 0.15) is 5.82 Å². The molecule has 0 saturated heterocycles. The molecule has 0 saturated carbocycles. The third kappa shape index (κ3) is 3.83. The van der Waals surface area contributed by atoms with Gasteiger partial charge in [0.2, 0.25) is 0 Å². The molecule has 1 aromatic heterocycles. The average Bonchev–Trinajstić information content (AvgIpc) is 2.37. The summed E-state index contributed by atoms with van der Waals surface area (Å²) in [7, 11) is 0. The smallest absolute Gasteiger partial charge is 0.125 e. The Morgan fingerprint density at radius 3 is 2.25 bits per heavy atom. The van der Waals surface area contributed by atoms with Crippen molar-refractivity contribution in [2.45, 2.75) is 50.7 Å². The molecule has 0 aliphatic carbocycles. The largest absolute Gasteiger partial charge is 0.241 e. The fourth-order valence-corrected chi connectivity index (χ4v) is 2.87. The Hall–Kier alpha value is -1.35. The van der Waals surface area contributed by atoms with E-state index in [9.17, 15) is 0 Å². The monoisotopic (exact) mass is 286 g/mol. The molecule has 0 aliphatic rings. The molecule has 0 N–H and O–H groups in total. The molecular weight excluding hydrogens is 264 g/mol.